The molecule has 3 heterocycles. The van der Waals surface area contributed by atoms with Gasteiger partial charge in [0, 0.05) is 5.69 Å². The molecule has 4 aromatic rings. The Hall–Kier alpha value is -3.87. The summed E-state index contributed by atoms with van der Waals surface area (Å²) in [5.41, 5.74) is 4.60. The zero-order valence-corrected chi connectivity index (χ0v) is 18.3. The van der Waals surface area contributed by atoms with E-state index in [1.165, 1.54) is 0 Å². The van der Waals surface area contributed by atoms with Crippen LogP contribution in [-0.2, 0) is 0 Å². The summed E-state index contributed by atoms with van der Waals surface area (Å²) in [7, 11) is 0. The summed E-state index contributed by atoms with van der Waals surface area (Å²) in [6, 6.07) is 17.2. The lowest BCUT2D eigenvalue weighted by atomic mass is 10.1. The van der Waals surface area contributed by atoms with Gasteiger partial charge < -0.3 is 14.8 Å². The molecule has 1 aliphatic heterocycles. The normalized spacial score (nSPS) is 13.7. The molecule has 1 atom stereocenters. The molecule has 1 aliphatic rings. The van der Waals surface area contributed by atoms with Gasteiger partial charge in [-0.1, -0.05) is 24.3 Å². The molecule has 32 heavy (non-hydrogen) atoms. The summed E-state index contributed by atoms with van der Waals surface area (Å²) >= 11 is 0. The van der Waals surface area contributed by atoms with Crippen LogP contribution in [0.4, 0.5) is 0 Å². The van der Waals surface area contributed by atoms with E-state index in [9.17, 15) is 4.79 Å². The lowest BCUT2D eigenvalue weighted by molar-refractivity contribution is 0.0941. The Morgan fingerprint density at radius 2 is 1.78 bits per heavy atom. The van der Waals surface area contributed by atoms with E-state index in [4.69, 9.17) is 14.5 Å². The molecule has 0 aliphatic carbocycles. The Balaban J connectivity index is 1.49. The van der Waals surface area contributed by atoms with Crippen LogP contribution in [0.15, 0.2) is 54.6 Å². The van der Waals surface area contributed by atoms with E-state index in [0.717, 1.165) is 33.8 Å². The van der Waals surface area contributed by atoms with Gasteiger partial charge >= 0.3 is 0 Å². The van der Waals surface area contributed by atoms with E-state index in [2.05, 4.69) is 10.4 Å². The predicted molar refractivity (Wildman–Crippen MR) is 122 cm³/mol. The maximum Gasteiger partial charge on any atom is 0.252 e. The van der Waals surface area contributed by atoms with E-state index in [1.807, 2.05) is 75.4 Å². The maximum atomic E-state index is 13.3. The minimum Gasteiger partial charge on any atom is -0.486 e. The van der Waals surface area contributed by atoms with Gasteiger partial charge in [0.25, 0.3) is 5.91 Å². The summed E-state index contributed by atoms with van der Waals surface area (Å²) in [4.78, 5) is 18.0. The van der Waals surface area contributed by atoms with Crippen molar-refractivity contribution >= 4 is 16.9 Å². The van der Waals surface area contributed by atoms with E-state index in [0.29, 0.717) is 30.2 Å². The van der Waals surface area contributed by atoms with Crippen molar-refractivity contribution in [3.63, 3.8) is 0 Å². The SMILES string of the molecule is Cc1cc(C(=O)NC(C)c2ccc3c(c2)OCCO3)c2c(C)nn(-c3ccccc3)c2n1. The van der Waals surface area contributed by atoms with Crippen molar-refractivity contribution in [1.82, 2.24) is 20.1 Å². The fourth-order valence-electron chi connectivity index (χ4n) is 4.03. The smallest absolute Gasteiger partial charge is 0.252 e. The number of fused-ring (bicyclic) bond motifs is 2. The van der Waals surface area contributed by atoms with Crippen LogP contribution >= 0.6 is 0 Å². The molecule has 2 aromatic heterocycles. The highest BCUT2D eigenvalue weighted by atomic mass is 16.6. The number of ether oxygens (including phenoxy) is 2. The fraction of sp³-hybridized carbons (Fsp3) is 0.240. The number of pyridine rings is 1. The van der Waals surface area contributed by atoms with E-state index in [1.54, 1.807) is 4.68 Å². The van der Waals surface area contributed by atoms with Crippen LogP contribution < -0.4 is 14.8 Å². The van der Waals surface area contributed by atoms with Crippen molar-refractivity contribution in [2.24, 2.45) is 0 Å². The number of rotatable bonds is 4. The third-order valence-corrected chi connectivity index (χ3v) is 5.60. The third-order valence-electron chi connectivity index (χ3n) is 5.60. The van der Waals surface area contributed by atoms with Gasteiger partial charge in [0.15, 0.2) is 17.1 Å². The topological polar surface area (TPSA) is 78.3 Å². The van der Waals surface area contributed by atoms with Crippen molar-refractivity contribution in [1.29, 1.82) is 0 Å². The van der Waals surface area contributed by atoms with Gasteiger partial charge in [0.2, 0.25) is 0 Å². The first-order chi connectivity index (χ1) is 15.5. The second kappa shape index (κ2) is 8.00. The van der Waals surface area contributed by atoms with Gasteiger partial charge in [-0.2, -0.15) is 5.10 Å². The number of hydrogen-bond donors (Lipinski definition) is 1. The number of aromatic nitrogens is 3. The van der Waals surface area contributed by atoms with Crippen LogP contribution in [0.1, 0.15) is 40.3 Å². The van der Waals surface area contributed by atoms with Crippen LogP contribution in [-0.4, -0.2) is 33.9 Å². The van der Waals surface area contributed by atoms with E-state index in [-0.39, 0.29) is 11.9 Å². The first-order valence-corrected chi connectivity index (χ1v) is 10.6. The van der Waals surface area contributed by atoms with Crippen LogP contribution in [0.2, 0.25) is 0 Å². The Labute approximate surface area is 186 Å². The molecular formula is C25H24N4O3. The van der Waals surface area contributed by atoms with Gasteiger partial charge in [-0.25, -0.2) is 9.67 Å². The second-order valence-electron chi connectivity index (χ2n) is 7.94. The summed E-state index contributed by atoms with van der Waals surface area (Å²) in [5.74, 6) is 1.27. The fourth-order valence-corrected chi connectivity index (χ4v) is 4.03. The molecule has 162 valence electrons. The quantitative estimate of drug-likeness (QED) is 0.524. The number of amides is 1. The van der Waals surface area contributed by atoms with Crippen molar-refractivity contribution in [3.8, 4) is 17.2 Å². The number of carbonyl (C=O) groups is 1. The molecule has 1 amide bonds. The summed E-state index contributed by atoms with van der Waals surface area (Å²) in [6.07, 6.45) is 0. The Morgan fingerprint density at radius 3 is 2.56 bits per heavy atom. The molecule has 0 radical (unpaired) electrons. The zero-order valence-electron chi connectivity index (χ0n) is 18.3. The number of carbonyl (C=O) groups excluding carboxylic acids is 1. The zero-order chi connectivity index (χ0) is 22.2. The summed E-state index contributed by atoms with van der Waals surface area (Å²) in [5, 5.41) is 8.54. The van der Waals surface area contributed by atoms with Crippen LogP contribution in [0.25, 0.3) is 16.7 Å². The highest BCUT2D eigenvalue weighted by molar-refractivity contribution is 6.07. The number of hydrogen-bond acceptors (Lipinski definition) is 5. The minimum absolute atomic E-state index is 0.168. The summed E-state index contributed by atoms with van der Waals surface area (Å²) in [6.45, 7) is 6.81. The van der Waals surface area contributed by atoms with Gasteiger partial charge in [-0.05, 0) is 56.7 Å². The van der Waals surface area contributed by atoms with Crippen molar-refractivity contribution in [2.75, 3.05) is 13.2 Å². The third kappa shape index (κ3) is 3.56. The van der Waals surface area contributed by atoms with Gasteiger partial charge in [0.05, 0.1) is 28.4 Å². The number of para-hydroxylation sites is 1. The van der Waals surface area contributed by atoms with E-state index >= 15 is 0 Å². The molecule has 0 fully saturated rings. The molecule has 7 nitrogen and oxygen atoms in total. The van der Waals surface area contributed by atoms with Crippen molar-refractivity contribution in [3.05, 3.63) is 77.1 Å². The maximum absolute atomic E-state index is 13.3. The standard InChI is InChI=1S/C25H24N4O3/c1-15-13-20(23-17(3)28-29(24(23)26-15)19-7-5-4-6-8-19)25(30)27-16(2)18-9-10-21-22(14-18)32-12-11-31-21/h4-10,13-14,16H,11-12H2,1-3H3,(H,27,30). The van der Waals surface area contributed by atoms with Crippen molar-refractivity contribution < 1.29 is 14.3 Å². The molecule has 0 saturated heterocycles. The van der Waals surface area contributed by atoms with Crippen LogP contribution in [0, 0.1) is 13.8 Å². The van der Waals surface area contributed by atoms with Crippen molar-refractivity contribution in [2.45, 2.75) is 26.8 Å². The molecule has 2 aromatic carbocycles. The Kier molecular flexibility index (Phi) is 5.01. The molecule has 1 N–H and O–H groups in total. The molecule has 5 rings (SSSR count). The molecular weight excluding hydrogens is 404 g/mol. The number of aryl methyl sites for hydroxylation is 2. The lowest BCUT2D eigenvalue weighted by Gasteiger charge is -2.21. The first-order valence-electron chi connectivity index (χ1n) is 10.6. The molecule has 0 spiro atoms. The van der Waals surface area contributed by atoms with E-state index < -0.39 is 0 Å². The largest absolute Gasteiger partial charge is 0.486 e. The Morgan fingerprint density at radius 1 is 1.03 bits per heavy atom. The van der Waals surface area contributed by atoms with Gasteiger partial charge in [-0.15, -0.1) is 0 Å². The number of nitrogens with one attached hydrogen (secondary N) is 1. The average Bonchev–Trinajstić information content (AvgIpc) is 3.14. The second-order valence-corrected chi connectivity index (χ2v) is 7.94. The van der Waals surface area contributed by atoms with Gasteiger partial charge in [-0.3, -0.25) is 4.79 Å². The molecule has 1 unspecified atom stereocenters. The minimum atomic E-state index is -0.216. The number of nitrogens with zero attached hydrogens (tertiary/aromatic N) is 3. The average molecular weight is 428 g/mol. The first kappa shape index (κ1) is 20.1. The van der Waals surface area contributed by atoms with Gasteiger partial charge in [0.1, 0.15) is 13.2 Å². The highest BCUT2D eigenvalue weighted by Gasteiger charge is 2.22. The van der Waals surface area contributed by atoms with Crippen LogP contribution in [0.3, 0.4) is 0 Å². The summed E-state index contributed by atoms with van der Waals surface area (Å²) < 4.78 is 13.1. The molecule has 0 saturated carbocycles. The highest BCUT2D eigenvalue weighted by Crippen LogP contribution is 2.33. The molecule has 7 heteroatoms. The monoisotopic (exact) mass is 428 g/mol. The van der Waals surface area contributed by atoms with Crippen LogP contribution in [0.5, 0.6) is 11.5 Å². The number of benzene rings is 2. The lowest BCUT2D eigenvalue weighted by Crippen LogP contribution is -2.27. The Bertz CT molecular complexity index is 1310. The molecule has 0 bridgehead atoms. The predicted octanol–water partition coefficient (Wildman–Crippen LogP) is 4.30.